The molecule has 5 nitrogen and oxygen atoms in total. The molecule has 3 atom stereocenters. The number of nitrogens with zero attached hydrogens (tertiary/aromatic N) is 1. The van der Waals surface area contributed by atoms with Crippen molar-refractivity contribution in [1.29, 1.82) is 0 Å². The summed E-state index contributed by atoms with van der Waals surface area (Å²) in [6, 6.07) is 18.4. The Balaban J connectivity index is 2.09. The lowest BCUT2D eigenvalue weighted by atomic mass is 9.93. The molecule has 0 aromatic heterocycles. The van der Waals surface area contributed by atoms with E-state index in [-0.39, 0.29) is 0 Å². The first kappa shape index (κ1) is 19.4. The zero-order valence-electron chi connectivity index (χ0n) is 15.5. The maximum atomic E-state index is 13.0. The molecule has 1 fully saturated rings. The Morgan fingerprint density at radius 2 is 1.52 bits per heavy atom. The van der Waals surface area contributed by atoms with Gasteiger partial charge in [-0.05, 0) is 31.9 Å². The number of rotatable bonds is 2. The summed E-state index contributed by atoms with van der Waals surface area (Å²) in [6.07, 6.45) is -1.21. The van der Waals surface area contributed by atoms with Gasteiger partial charge in [-0.2, -0.15) is 0 Å². The first-order chi connectivity index (χ1) is 12.8. The Kier molecular flexibility index (Phi) is 5.56. The molecule has 1 saturated heterocycles. The predicted molar refractivity (Wildman–Crippen MR) is 105 cm³/mol. The third kappa shape index (κ3) is 4.33. The van der Waals surface area contributed by atoms with Crippen LogP contribution in [0.1, 0.15) is 44.0 Å². The van der Waals surface area contributed by atoms with Gasteiger partial charge in [0.05, 0.1) is 0 Å². The summed E-state index contributed by atoms with van der Waals surface area (Å²) in [5, 5.41) is 0. The van der Waals surface area contributed by atoms with Gasteiger partial charge >= 0.3 is 12.1 Å². The van der Waals surface area contributed by atoms with Gasteiger partial charge in [-0.15, -0.1) is 0 Å². The molecule has 6 heteroatoms. The number of hydrogen-bond donors (Lipinski definition) is 0. The van der Waals surface area contributed by atoms with E-state index in [4.69, 9.17) is 9.47 Å². The van der Waals surface area contributed by atoms with Gasteiger partial charge in [-0.3, -0.25) is 4.90 Å². The third-order valence-electron chi connectivity index (χ3n) is 4.14. The molecule has 0 N–H and O–H groups in total. The molecule has 1 amide bonds. The molecule has 0 radical (unpaired) electrons. The van der Waals surface area contributed by atoms with Crippen molar-refractivity contribution in [1.82, 2.24) is 4.90 Å². The molecule has 0 aliphatic carbocycles. The number of carbonyl (C=O) groups is 2. The van der Waals surface area contributed by atoms with E-state index in [1.165, 1.54) is 4.90 Å². The van der Waals surface area contributed by atoms with Gasteiger partial charge in [0, 0.05) is 0 Å². The summed E-state index contributed by atoms with van der Waals surface area (Å²) < 4.78 is 11.3. The number of esters is 1. The lowest BCUT2D eigenvalue weighted by Crippen LogP contribution is -2.52. The van der Waals surface area contributed by atoms with Crippen molar-refractivity contribution >= 4 is 28.0 Å². The zero-order chi connectivity index (χ0) is 19.6. The quantitative estimate of drug-likeness (QED) is 0.382. The molecule has 1 aliphatic rings. The van der Waals surface area contributed by atoms with Crippen molar-refractivity contribution < 1.29 is 19.1 Å². The number of carbonyl (C=O) groups excluding carboxylic acids is 2. The number of ether oxygens (including phenoxy) is 2. The second-order valence-corrected chi connectivity index (χ2v) is 8.21. The molecule has 3 unspecified atom stereocenters. The van der Waals surface area contributed by atoms with Gasteiger partial charge in [-0.1, -0.05) is 76.6 Å². The molecule has 0 spiro atoms. The van der Waals surface area contributed by atoms with Crippen molar-refractivity contribution in [3.05, 3.63) is 71.8 Å². The molecule has 1 heterocycles. The summed E-state index contributed by atoms with van der Waals surface area (Å²) in [6.45, 7) is 5.38. The van der Waals surface area contributed by atoms with Crippen LogP contribution in [0.4, 0.5) is 4.79 Å². The Morgan fingerprint density at radius 3 is 2.04 bits per heavy atom. The van der Waals surface area contributed by atoms with Gasteiger partial charge < -0.3 is 9.47 Å². The first-order valence-electron chi connectivity index (χ1n) is 8.74. The normalized spacial score (nSPS) is 22.9. The molecule has 1 aliphatic heterocycles. The zero-order valence-corrected chi connectivity index (χ0v) is 17.0. The summed E-state index contributed by atoms with van der Waals surface area (Å²) in [4.78, 5) is 26.0. The van der Waals surface area contributed by atoms with Crippen LogP contribution in [0.25, 0.3) is 0 Å². The highest BCUT2D eigenvalue weighted by Crippen LogP contribution is 2.43. The molecular weight excluding hydrogens is 410 g/mol. The minimum atomic E-state index is -0.933. The highest BCUT2D eigenvalue weighted by Gasteiger charge is 2.48. The van der Waals surface area contributed by atoms with Crippen LogP contribution < -0.4 is 0 Å². The van der Waals surface area contributed by atoms with Crippen LogP contribution in [0.2, 0.25) is 0 Å². The standard InChI is InChI=1S/C21H22BrNO4/c1-21(2,3)27-20(25)23-16(14-10-6-4-7-11-14)17(26-19(24)18(23)22)15-12-8-5-9-13-15/h4-13,16-18H,1-3H3. The number of benzene rings is 2. The largest absolute Gasteiger partial charge is 0.453 e. The highest BCUT2D eigenvalue weighted by atomic mass is 79.9. The summed E-state index contributed by atoms with van der Waals surface area (Å²) in [5.74, 6) is -0.526. The van der Waals surface area contributed by atoms with Crippen LogP contribution in [0.5, 0.6) is 0 Å². The Hall–Kier alpha value is -2.34. The van der Waals surface area contributed by atoms with Crippen LogP contribution in [0.3, 0.4) is 0 Å². The Morgan fingerprint density at radius 1 is 1.00 bits per heavy atom. The average Bonchev–Trinajstić information content (AvgIpc) is 2.63. The molecule has 2 aromatic rings. The maximum Gasteiger partial charge on any atom is 0.412 e. The van der Waals surface area contributed by atoms with Crippen LogP contribution in [-0.2, 0) is 14.3 Å². The fourth-order valence-corrected chi connectivity index (χ4v) is 3.58. The van der Waals surface area contributed by atoms with E-state index in [0.29, 0.717) is 0 Å². The average molecular weight is 432 g/mol. The first-order valence-corrected chi connectivity index (χ1v) is 9.65. The molecule has 2 aromatic carbocycles. The second kappa shape index (κ2) is 7.72. The topological polar surface area (TPSA) is 55.8 Å². The van der Waals surface area contributed by atoms with Gasteiger partial charge in [0.25, 0.3) is 0 Å². The van der Waals surface area contributed by atoms with Crippen molar-refractivity contribution in [3.8, 4) is 0 Å². The van der Waals surface area contributed by atoms with Gasteiger partial charge in [-0.25, -0.2) is 9.59 Å². The van der Waals surface area contributed by atoms with Crippen molar-refractivity contribution in [2.75, 3.05) is 0 Å². The number of alkyl halides is 1. The van der Waals surface area contributed by atoms with Crippen LogP contribution in [-0.4, -0.2) is 27.5 Å². The smallest absolute Gasteiger partial charge is 0.412 e. The number of hydrogen-bond acceptors (Lipinski definition) is 4. The fraction of sp³-hybridized carbons (Fsp3) is 0.333. The van der Waals surface area contributed by atoms with Crippen LogP contribution in [0.15, 0.2) is 60.7 Å². The van der Waals surface area contributed by atoms with E-state index in [1.54, 1.807) is 20.8 Å². The van der Waals surface area contributed by atoms with Crippen molar-refractivity contribution in [2.45, 2.75) is 43.5 Å². The summed E-state index contributed by atoms with van der Waals surface area (Å²) >= 11 is 3.32. The van der Waals surface area contributed by atoms with E-state index >= 15 is 0 Å². The number of amides is 1. The molecule has 142 valence electrons. The van der Waals surface area contributed by atoms with E-state index in [9.17, 15) is 9.59 Å². The number of cyclic esters (lactones) is 1. The highest BCUT2D eigenvalue weighted by molar-refractivity contribution is 9.09. The van der Waals surface area contributed by atoms with Crippen molar-refractivity contribution in [3.63, 3.8) is 0 Å². The number of halogens is 1. The van der Waals surface area contributed by atoms with Gasteiger partial charge in [0.2, 0.25) is 0 Å². The van der Waals surface area contributed by atoms with E-state index < -0.39 is 34.8 Å². The lowest BCUT2D eigenvalue weighted by Gasteiger charge is -2.43. The number of morpholine rings is 1. The minimum Gasteiger partial charge on any atom is -0.453 e. The molecule has 0 saturated carbocycles. The van der Waals surface area contributed by atoms with Crippen LogP contribution in [0, 0.1) is 0 Å². The summed E-state index contributed by atoms with van der Waals surface area (Å²) in [5.41, 5.74) is 0.982. The maximum absolute atomic E-state index is 13.0. The Bertz CT molecular complexity index is 804. The van der Waals surface area contributed by atoms with Crippen molar-refractivity contribution in [2.24, 2.45) is 0 Å². The third-order valence-corrected chi connectivity index (χ3v) is 4.96. The minimum absolute atomic E-state index is 0.523. The molecule has 27 heavy (non-hydrogen) atoms. The van der Waals surface area contributed by atoms with Crippen LogP contribution >= 0.6 is 15.9 Å². The predicted octanol–water partition coefficient (Wildman–Crippen LogP) is 4.98. The van der Waals surface area contributed by atoms with E-state index in [1.807, 2.05) is 60.7 Å². The molecule has 0 bridgehead atoms. The van der Waals surface area contributed by atoms with E-state index in [2.05, 4.69) is 15.9 Å². The SMILES string of the molecule is CC(C)(C)OC(=O)N1C(Br)C(=O)OC(c2ccccc2)C1c1ccccc1. The lowest BCUT2D eigenvalue weighted by molar-refractivity contribution is -0.167. The van der Waals surface area contributed by atoms with E-state index in [0.717, 1.165) is 11.1 Å². The summed E-state index contributed by atoms with van der Waals surface area (Å²) in [7, 11) is 0. The van der Waals surface area contributed by atoms with Gasteiger partial charge in [0.15, 0.2) is 11.1 Å². The van der Waals surface area contributed by atoms with Gasteiger partial charge in [0.1, 0.15) is 11.6 Å². The molecular formula is C21H22BrNO4. The monoisotopic (exact) mass is 431 g/mol. The fourth-order valence-electron chi connectivity index (χ4n) is 3.05. The molecule has 3 rings (SSSR count). The second-order valence-electron chi connectivity index (χ2n) is 7.35. The Labute approximate surface area is 167 Å².